The first-order valence-corrected chi connectivity index (χ1v) is 12.4. The Bertz CT molecular complexity index is 1200. The zero-order chi connectivity index (χ0) is 24.6. The van der Waals surface area contributed by atoms with E-state index in [4.69, 9.17) is 0 Å². The molecule has 3 rings (SSSR count). The van der Waals surface area contributed by atoms with Crippen LogP contribution in [0.25, 0.3) is 22.0 Å². The van der Waals surface area contributed by atoms with Crippen LogP contribution in [-0.4, -0.2) is 46.8 Å². The summed E-state index contributed by atoms with van der Waals surface area (Å²) in [5.74, 6) is 0.278. The molecule has 9 heteroatoms. The normalized spacial score (nSPS) is 14.0. The Morgan fingerprint density at radius 3 is 2.21 bits per heavy atom. The van der Waals surface area contributed by atoms with E-state index in [-0.39, 0.29) is 5.92 Å². The van der Waals surface area contributed by atoms with Crippen molar-refractivity contribution in [3.8, 4) is 11.1 Å². The Labute approximate surface area is 193 Å². The number of sulfonamides is 1. The van der Waals surface area contributed by atoms with Gasteiger partial charge < -0.3 is 4.57 Å². The summed E-state index contributed by atoms with van der Waals surface area (Å²) in [6.07, 6.45) is -0.0496. The fourth-order valence-corrected chi connectivity index (χ4v) is 5.18. The van der Waals surface area contributed by atoms with Crippen LogP contribution in [0.1, 0.15) is 33.3 Å². The van der Waals surface area contributed by atoms with Crippen molar-refractivity contribution >= 4 is 20.9 Å². The number of nitrogens with zero attached hydrogens (tertiary/aromatic N) is 3. The van der Waals surface area contributed by atoms with E-state index < -0.39 is 33.9 Å². The van der Waals surface area contributed by atoms with Crippen molar-refractivity contribution in [2.24, 2.45) is 5.92 Å². The van der Waals surface area contributed by atoms with Gasteiger partial charge in [0, 0.05) is 43.1 Å². The van der Waals surface area contributed by atoms with E-state index in [9.17, 15) is 21.6 Å². The summed E-state index contributed by atoms with van der Waals surface area (Å²) < 4.78 is 69.6. The molecule has 0 bridgehead atoms. The van der Waals surface area contributed by atoms with Crippen molar-refractivity contribution in [1.82, 2.24) is 13.9 Å². The Kier molecular flexibility index (Phi) is 7.24. The molecule has 0 radical (unpaired) electrons. The topological polar surface area (TPSA) is 55.2 Å². The van der Waals surface area contributed by atoms with Crippen LogP contribution in [0.5, 0.6) is 0 Å². The summed E-state index contributed by atoms with van der Waals surface area (Å²) in [4.78, 5) is 4.03. The number of rotatable bonds is 8. The highest BCUT2D eigenvalue weighted by Gasteiger charge is 2.47. The number of fused-ring (bicyclic) bond motifs is 1. The molecule has 33 heavy (non-hydrogen) atoms. The van der Waals surface area contributed by atoms with Gasteiger partial charge in [0.2, 0.25) is 10.0 Å². The smallest absolute Gasteiger partial charge is 0.347 e. The second kappa shape index (κ2) is 9.46. The van der Waals surface area contributed by atoms with Crippen molar-refractivity contribution in [2.45, 2.75) is 58.1 Å². The number of pyridine rings is 1. The van der Waals surface area contributed by atoms with Gasteiger partial charge in [-0.3, -0.25) is 4.98 Å². The molecule has 2 aromatic heterocycles. The van der Waals surface area contributed by atoms with Crippen LogP contribution in [0.4, 0.5) is 13.2 Å². The quantitative estimate of drug-likeness (QED) is 0.427. The van der Waals surface area contributed by atoms with Crippen molar-refractivity contribution in [1.29, 1.82) is 0 Å². The van der Waals surface area contributed by atoms with Gasteiger partial charge in [-0.1, -0.05) is 26.0 Å². The molecular formula is C24H30F3N3O2S. The van der Waals surface area contributed by atoms with Gasteiger partial charge in [0.1, 0.15) is 6.04 Å². The SMILES string of the molecule is CC(C)Cn1cc(CC(N(C)S(=O)(=O)C(C)C)C(F)(F)F)c2ccc(-c3ccncc3)cc21. The number of aromatic nitrogens is 2. The number of likely N-dealkylation sites (N-methyl/N-ethyl adjacent to an activating group) is 1. The third-order valence-electron chi connectivity index (χ3n) is 5.77. The van der Waals surface area contributed by atoms with Gasteiger partial charge >= 0.3 is 6.18 Å². The fraction of sp³-hybridized carbons (Fsp3) is 0.458. The minimum Gasteiger partial charge on any atom is -0.347 e. The molecule has 0 N–H and O–H groups in total. The Morgan fingerprint density at radius 2 is 1.67 bits per heavy atom. The molecule has 5 nitrogen and oxygen atoms in total. The predicted molar refractivity (Wildman–Crippen MR) is 125 cm³/mol. The molecule has 0 saturated heterocycles. The first kappa shape index (κ1) is 25.2. The van der Waals surface area contributed by atoms with Crippen molar-refractivity contribution in [3.63, 3.8) is 0 Å². The first-order valence-electron chi connectivity index (χ1n) is 10.9. The summed E-state index contributed by atoms with van der Waals surface area (Å²) in [5.41, 5.74) is 3.19. The highest BCUT2D eigenvalue weighted by molar-refractivity contribution is 7.89. The fourth-order valence-electron chi connectivity index (χ4n) is 3.97. The minimum absolute atomic E-state index is 0.278. The monoisotopic (exact) mass is 481 g/mol. The lowest BCUT2D eigenvalue weighted by Gasteiger charge is -2.30. The molecule has 0 aliphatic rings. The van der Waals surface area contributed by atoms with E-state index in [1.54, 1.807) is 18.6 Å². The zero-order valence-electron chi connectivity index (χ0n) is 19.5. The van der Waals surface area contributed by atoms with Gasteiger partial charge in [0.25, 0.3) is 0 Å². The average molecular weight is 482 g/mol. The Morgan fingerprint density at radius 1 is 1.03 bits per heavy atom. The maximum atomic E-state index is 14.0. The molecule has 180 valence electrons. The summed E-state index contributed by atoms with van der Waals surface area (Å²) in [5, 5.41) is -0.254. The van der Waals surface area contributed by atoms with E-state index in [1.165, 1.54) is 13.8 Å². The van der Waals surface area contributed by atoms with Crippen LogP contribution in [0.3, 0.4) is 0 Å². The second-order valence-electron chi connectivity index (χ2n) is 9.04. The van der Waals surface area contributed by atoms with Crippen LogP contribution in [0.15, 0.2) is 48.9 Å². The van der Waals surface area contributed by atoms with Crippen LogP contribution in [0.2, 0.25) is 0 Å². The molecule has 0 spiro atoms. The standard InChI is InChI=1S/C24H30F3N3O2S/c1-16(2)14-30-15-20(13-23(24(25,26)27)29(5)33(31,32)17(3)4)21-7-6-19(12-22(21)30)18-8-10-28-11-9-18/h6-12,15-17,23H,13-14H2,1-5H3. The van der Waals surface area contributed by atoms with Crippen molar-refractivity contribution in [2.75, 3.05) is 7.05 Å². The summed E-state index contributed by atoms with van der Waals surface area (Å²) in [7, 11) is -3.07. The van der Waals surface area contributed by atoms with Crippen molar-refractivity contribution < 1.29 is 21.6 Å². The lowest BCUT2D eigenvalue weighted by Crippen LogP contribution is -2.49. The van der Waals surface area contributed by atoms with E-state index in [0.29, 0.717) is 21.8 Å². The molecule has 3 aromatic rings. The Balaban J connectivity index is 2.11. The first-order chi connectivity index (χ1) is 15.3. The minimum atomic E-state index is -4.71. The van der Waals surface area contributed by atoms with Gasteiger partial charge in [-0.05, 0) is 61.1 Å². The molecule has 1 atom stereocenters. The van der Waals surface area contributed by atoms with Gasteiger partial charge in [-0.25, -0.2) is 8.42 Å². The summed E-state index contributed by atoms with van der Waals surface area (Å²) in [6, 6.07) is 7.27. The number of benzene rings is 1. The maximum Gasteiger partial charge on any atom is 0.405 e. The second-order valence-corrected chi connectivity index (χ2v) is 11.6. The maximum absolute atomic E-state index is 14.0. The highest BCUT2D eigenvalue weighted by atomic mass is 32.2. The molecule has 0 saturated carbocycles. The van der Waals surface area contributed by atoms with Gasteiger partial charge in [0.15, 0.2) is 0 Å². The highest BCUT2D eigenvalue weighted by Crippen LogP contribution is 2.34. The van der Waals surface area contributed by atoms with Crippen LogP contribution in [0, 0.1) is 5.92 Å². The van der Waals surface area contributed by atoms with E-state index >= 15 is 0 Å². The van der Waals surface area contributed by atoms with Crippen molar-refractivity contribution in [3.05, 3.63) is 54.5 Å². The number of hydrogen-bond donors (Lipinski definition) is 0. The summed E-state index contributed by atoms with van der Waals surface area (Å²) >= 11 is 0. The number of halogens is 3. The van der Waals surface area contributed by atoms with Gasteiger partial charge in [-0.2, -0.15) is 17.5 Å². The molecule has 0 aliphatic carbocycles. The largest absolute Gasteiger partial charge is 0.405 e. The molecular weight excluding hydrogens is 451 g/mol. The Hall–Kier alpha value is -2.39. The van der Waals surface area contributed by atoms with Gasteiger partial charge in [-0.15, -0.1) is 0 Å². The third kappa shape index (κ3) is 5.41. The average Bonchev–Trinajstić information content (AvgIpc) is 3.07. The lowest BCUT2D eigenvalue weighted by molar-refractivity contribution is -0.168. The van der Waals surface area contributed by atoms with E-state index in [1.807, 2.05) is 48.7 Å². The zero-order valence-corrected chi connectivity index (χ0v) is 20.3. The van der Waals surface area contributed by atoms with Crippen LogP contribution >= 0.6 is 0 Å². The molecule has 0 aliphatic heterocycles. The molecule has 0 fully saturated rings. The molecule has 1 aromatic carbocycles. The molecule has 2 heterocycles. The number of hydrogen-bond acceptors (Lipinski definition) is 3. The molecule has 0 amide bonds. The summed E-state index contributed by atoms with van der Waals surface area (Å²) in [6.45, 7) is 7.48. The van der Waals surface area contributed by atoms with E-state index in [2.05, 4.69) is 4.98 Å². The number of alkyl halides is 3. The lowest BCUT2D eigenvalue weighted by atomic mass is 10.0. The third-order valence-corrected chi connectivity index (χ3v) is 8.02. The van der Waals surface area contributed by atoms with E-state index in [0.717, 1.165) is 23.7 Å². The van der Waals surface area contributed by atoms with Gasteiger partial charge in [0.05, 0.1) is 5.25 Å². The van der Waals surface area contributed by atoms with Crippen LogP contribution in [-0.2, 0) is 23.0 Å². The van der Waals surface area contributed by atoms with Crippen LogP contribution < -0.4 is 0 Å². The molecule has 1 unspecified atom stereocenters. The predicted octanol–water partition coefficient (Wildman–Crippen LogP) is 5.50.